The maximum atomic E-state index is 11.1. The molecule has 0 aromatic rings. The second-order valence-electron chi connectivity index (χ2n) is 2.23. The van der Waals surface area contributed by atoms with Crippen LogP contribution >= 0.6 is 11.8 Å². The number of rotatable bonds is 0. The van der Waals surface area contributed by atoms with Crippen molar-refractivity contribution >= 4 is 47.2 Å². The molecule has 0 aliphatic carbocycles. The number of nitrogens with zero attached hydrogens (tertiary/aromatic N) is 1. The molecular weight excluding hydrogens is 169 g/mol. The molecule has 0 radical (unpaired) electrons. The van der Waals surface area contributed by atoms with E-state index in [1.54, 1.807) is 16.7 Å². The molecule has 0 bridgehead atoms. The molecule has 0 aromatic carbocycles. The van der Waals surface area contributed by atoms with E-state index in [0.29, 0.717) is 5.37 Å². The van der Waals surface area contributed by atoms with Crippen molar-refractivity contribution in [2.24, 2.45) is 0 Å². The summed E-state index contributed by atoms with van der Waals surface area (Å²) in [7, 11) is 0. The van der Waals surface area contributed by atoms with Crippen LogP contribution < -0.4 is 0 Å². The molecule has 0 aromatic heterocycles. The molecule has 2 heterocycles. The average molecular weight is 177 g/mol. The number of hydrogen-bond acceptors (Lipinski definition) is 2. The van der Waals surface area contributed by atoms with E-state index in [1.165, 1.54) is 0 Å². The summed E-state index contributed by atoms with van der Waals surface area (Å²) in [5, 5.41) is 2.26. The molecule has 1 saturated heterocycles. The Balaban J connectivity index is 0.000000605. The van der Waals surface area contributed by atoms with Crippen LogP contribution in [0, 0.1) is 0 Å². The predicted molar refractivity (Wildman–Crippen MR) is 48.3 cm³/mol. The van der Waals surface area contributed by atoms with Crippen LogP contribution in [0.5, 0.6) is 0 Å². The van der Waals surface area contributed by atoms with E-state index in [0.717, 1.165) is 5.57 Å². The number of β-lactam (4-membered cyclic amide) rings is 1. The van der Waals surface area contributed by atoms with Crippen LogP contribution in [0.15, 0.2) is 23.3 Å². The first-order chi connectivity index (χ1) is 4.84. The van der Waals surface area contributed by atoms with Gasteiger partial charge in [-0.15, -0.1) is 11.8 Å². The van der Waals surface area contributed by atoms with Crippen molar-refractivity contribution in [1.82, 2.24) is 4.90 Å². The van der Waals surface area contributed by atoms with E-state index in [9.17, 15) is 4.79 Å². The van der Waals surface area contributed by atoms with Gasteiger partial charge in [0.2, 0.25) is 0 Å². The quantitative estimate of drug-likeness (QED) is 0.308. The molecule has 1 fully saturated rings. The van der Waals surface area contributed by atoms with Crippen LogP contribution in [-0.2, 0) is 4.79 Å². The summed E-state index contributed by atoms with van der Waals surface area (Å²) in [6, 6.07) is 0. The molecule has 0 N–H and O–H groups in total. The number of carbonyl (C=O) groups excluding carboxylic acids is 1. The summed E-state index contributed by atoms with van der Waals surface area (Å²) < 4.78 is 0. The molecule has 11 heavy (non-hydrogen) atoms. The summed E-state index contributed by atoms with van der Waals surface area (Å²) in [5.41, 5.74) is 0.940. The zero-order valence-electron chi connectivity index (χ0n) is 5.57. The number of allylic oxidation sites excluding steroid dienone is 1. The number of carbonyl (C=O) groups is 1. The molecule has 1 atom stereocenters. The Hall–Kier alpha value is 0.300. The minimum absolute atomic E-state index is 0. The first-order valence-electron chi connectivity index (χ1n) is 3.15. The van der Waals surface area contributed by atoms with Gasteiger partial charge in [0.15, 0.2) is 0 Å². The van der Waals surface area contributed by atoms with Crippen molar-refractivity contribution in [3.8, 4) is 0 Å². The van der Waals surface area contributed by atoms with Crippen molar-refractivity contribution in [2.45, 2.75) is 12.3 Å². The van der Waals surface area contributed by atoms with Gasteiger partial charge in [-0.1, -0.05) is 6.08 Å². The number of hydrogen-bond donors (Lipinski definition) is 0. The monoisotopic (exact) mass is 177 g/mol. The van der Waals surface area contributed by atoms with Gasteiger partial charge in [0.1, 0.15) is 5.37 Å². The Labute approximate surface area is 92.0 Å². The van der Waals surface area contributed by atoms with Gasteiger partial charge in [0.05, 0.1) is 0 Å². The summed E-state index contributed by atoms with van der Waals surface area (Å²) in [4.78, 5) is 12.8. The zero-order chi connectivity index (χ0) is 7.14. The third-order valence-corrected chi connectivity index (χ3v) is 2.76. The third kappa shape index (κ3) is 1.20. The van der Waals surface area contributed by atoms with E-state index in [4.69, 9.17) is 0 Å². The van der Waals surface area contributed by atoms with E-state index in [1.807, 2.05) is 24.6 Å². The van der Waals surface area contributed by atoms with Crippen molar-refractivity contribution < 1.29 is 4.79 Å². The van der Waals surface area contributed by atoms with Crippen LogP contribution in [0.25, 0.3) is 0 Å². The Morgan fingerprint density at radius 2 is 2.45 bits per heavy atom. The zero-order valence-corrected chi connectivity index (χ0v) is 6.39. The first-order valence-corrected chi connectivity index (χ1v) is 4.10. The van der Waals surface area contributed by atoms with Gasteiger partial charge in [-0.05, 0) is 12.3 Å². The topological polar surface area (TPSA) is 20.3 Å². The molecule has 54 valence electrons. The Morgan fingerprint density at radius 3 is 3.09 bits per heavy atom. The van der Waals surface area contributed by atoms with Gasteiger partial charge in [0, 0.05) is 11.8 Å². The third-order valence-electron chi connectivity index (χ3n) is 1.74. The second-order valence-corrected chi connectivity index (χ2v) is 3.22. The van der Waals surface area contributed by atoms with Gasteiger partial charge < -0.3 is 0 Å². The van der Waals surface area contributed by atoms with E-state index < -0.39 is 0 Å². The van der Waals surface area contributed by atoms with Crippen LogP contribution in [0.4, 0.5) is 0 Å². The fourth-order valence-electron chi connectivity index (χ4n) is 1.17. The standard InChI is InChI=1S/C7H7NOS.Na.H/c1-2-5-6(9)8-3-4-10-7(5)8;;/h2-4,7H,1H3;;/b5-2+;;/t7-;;/m1../s1. The molecule has 2 nitrogen and oxygen atoms in total. The summed E-state index contributed by atoms with van der Waals surface area (Å²) in [6.45, 7) is 1.91. The fraction of sp³-hybridized carbons (Fsp3) is 0.286. The molecule has 0 spiro atoms. The predicted octanol–water partition coefficient (Wildman–Crippen LogP) is 0.670. The normalized spacial score (nSPS) is 29.9. The van der Waals surface area contributed by atoms with E-state index >= 15 is 0 Å². The first kappa shape index (κ1) is 9.39. The molecule has 1 amide bonds. The van der Waals surface area contributed by atoms with Crippen LogP contribution in [0.3, 0.4) is 0 Å². The molecule has 0 unspecified atom stereocenters. The average Bonchev–Trinajstić information content (AvgIpc) is 2.33. The number of fused-ring (bicyclic) bond motifs is 1. The summed E-state index contributed by atoms with van der Waals surface area (Å²) >= 11 is 1.68. The van der Waals surface area contributed by atoms with Crippen LogP contribution in [-0.4, -0.2) is 45.7 Å². The van der Waals surface area contributed by atoms with Gasteiger partial charge in [0.25, 0.3) is 5.91 Å². The molecule has 4 heteroatoms. The van der Waals surface area contributed by atoms with Crippen LogP contribution in [0.1, 0.15) is 6.92 Å². The molecule has 2 rings (SSSR count). The van der Waals surface area contributed by atoms with Crippen molar-refractivity contribution in [2.75, 3.05) is 0 Å². The van der Waals surface area contributed by atoms with Crippen molar-refractivity contribution in [1.29, 1.82) is 0 Å². The van der Waals surface area contributed by atoms with Gasteiger partial charge in [-0.3, -0.25) is 9.69 Å². The van der Waals surface area contributed by atoms with Gasteiger partial charge in [-0.25, -0.2) is 0 Å². The Kier molecular flexibility index (Phi) is 2.86. The molecule has 2 aliphatic heterocycles. The summed E-state index contributed by atoms with van der Waals surface area (Å²) in [5.74, 6) is 0.161. The second kappa shape index (κ2) is 3.35. The maximum absolute atomic E-state index is 11.1. The molecular formula is C7H8NNaOS. The van der Waals surface area contributed by atoms with E-state index in [2.05, 4.69) is 0 Å². The minimum atomic E-state index is 0. The molecule has 0 saturated carbocycles. The van der Waals surface area contributed by atoms with Gasteiger partial charge >= 0.3 is 29.6 Å². The Bertz CT molecular complexity index is 249. The SMILES string of the molecule is C/C=C1\C(=O)N2C=CS[C@H]12.[NaH]. The van der Waals surface area contributed by atoms with Gasteiger partial charge in [-0.2, -0.15) is 0 Å². The Morgan fingerprint density at radius 1 is 1.73 bits per heavy atom. The van der Waals surface area contributed by atoms with Crippen molar-refractivity contribution in [3.05, 3.63) is 23.3 Å². The number of thioether (sulfide) groups is 1. The van der Waals surface area contributed by atoms with Crippen molar-refractivity contribution in [3.63, 3.8) is 0 Å². The van der Waals surface area contributed by atoms with E-state index in [-0.39, 0.29) is 35.5 Å². The molecule has 2 aliphatic rings. The summed E-state index contributed by atoms with van der Waals surface area (Å²) in [6.07, 6.45) is 3.73. The number of amides is 1. The van der Waals surface area contributed by atoms with Crippen LogP contribution in [0.2, 0.25) is 0 Å². The fourth-order valence-corrected chi connectivity index (χ4v) is 2.20.